The SMILES string of the molecule is Cc1cc(OC(CCN2CCOCC2)C(=O)O)c2c(C(=O)C(N)=O)c(C)c(Cc3ccccc3)n2n1. The minimum absolute atomic E-state index is 0.0771. The number of aromatic nitrogens is 2. The summed E-state index contributed by atoms with van der Waals surface area (Å²) in [5.41, 5.74) is 8.49. The Kier molecular flexibility index (Phi) is 7.66. The van der Waals surface area contributed by atoms with Crippen LogP contribution in [0.3, 0.4) is 0 Å². The van der Waals surface area contributed by atoms with Crippen LogP contribution in [0, 0.1) is 13.8 Å². The zero-order valence-electron chi connectivity index (χ0n) is 20.4. The molecule has 0 bridgehead atoms. The number of morpholine rings is 1. The van der Waals surface area contributed by atoms with Gasteiger partial charge >= 0.3 is 5.97 Å². The minimum atomic E-state index is -1.16. The number of nitrogens with two attached hydrogens (primary N) is 1. The number of carboxylic acids is 1. The molecule has 1 unspecified atom stereocenters. The van der Waals surface area contributed by atoms with Crippen LogP contribution in [-0.4, -0.2) is 76.2 Å². The largest absolute Gasteiger partial charge is 0.479 e. The molecule has 1 fully saturated rings. The average molecular weight is 495 g/mol. The molecule has 2 aromatic heterocycles. The van der Waals surface area contributed by atoms with Crippen LogP contribution in [0.15, 0.2) is 36.4 Å². The molecular formula is C26H30N4O6. The first-order chi connectivity index (χ1) is 17.3. The summed E-state index contributed by atoms with van der Waals surface area (Å²) in [6.07, 6.45) is -0.490. The van der Waals surface area contributed by atoms with Crippen molar-refractivity contribution in [3.05, 3.63) is 64.5 Å². The van der Waals surface area contributed by atoms with Crippen molar-refractivity contribution in [3.8, 4) is 5.75 Å². The predicted molar refractivity (Wildman–Crippen MR) is 131 cm³/mol. The summed E-state index contributed by atoms with van der Waals surface area (Å²) < 4.78 is 13.0. The van der Waals surface area contributed by atoms with Gasteiger partial charge in [-0.15, -0.1) is 0 Å². The van der Waals surface area contributed by atoms with E-state index in [0.29, 0.717) is 43.1 Å². The molecule has 1 aliphatic rings. The fourth-order valence-electron chi connectivity index (χ4n) is 4.50. The first-order valence-corrected chi connectivity index (χ1v) is 11.9. The van der Waals surface area contributed by atoms with Crippen molar-refractivity contribution < 1.29 is 29.0 Å². The topological polar surface area (TPSA) is 136 Å². The first kappa shape index (κ1) is 25.3. The Morgan fingerprint density at radius 2 is 1.86 bits per heavy atom. The maximum atomic E-state index is 12.9. The lowest BCUT2D eigenvalue weighted by atomic mass is 10.0. The van der Waals surface area contributed by atoms with Crippen molar-refractivity contribution in [1.29, 1.82) is 0 Å². The minimum Gasteiger partial charge on any atom is -0.479 e. The van der Waals surface area contributed by atoms with Gasteiger partial charge in [0.15, 0.2) is 6.10 Å². The van der Waals surface area contributed by atoms with E-state index < -0.39 is 23.8 Å². The van der Waals surface area contributed by atoms with Gasteiger partial charge in [0.1, 0.15) is 11.3 Å². The highest BCUT2D eigenvalue weighted by atomic mass is 16.5. The highest BCUT2D eigenvalue weighted by Gasteiger charge is 2.30. The first-order valence-electron chi connectivity index (χ1n) is 11.9. The van der Waals surface area contributed by atoms with Crippen LogP contribution in [0.25, 0.3) is 5.52 Å². The van der Waals surface area contributed by atoms with Gasteiger partial charge in [-0.2, -0.15) is 5.10 Å². The number of ether oxygens (including phenoxy) is 2. The summed E-state index contributed by atoms with van der Waals surface area (Å²) in [5.74, 6) is -2.93. The lowest BCUT2D eigenvalue weighted by Crippen LogP contribution is -2.40. The van der Waals surface area contributed by atoms with Crippen molar-refractivity contribution in [2.24, 2.45) is 5.73 Å². The van der Waals surface area contributed by atoms with Gasteiger partial charge in [0, 0.05) is 38.5 Å². The van der Waals surface area contributed by atoms with E-state index in [2.05, 4.69) is 10.00 Å². The van der Waals surface area contributed by atoms with Gasteiger partial charge in [-0.3, -0.25) is 14.5 Å². The second-order valence-corrected chi connectivity index (χ2v) is 8.90. The van der Waals surface area contributed by atoms with Crippen molar-refractivity contribution in [3.63, 3.8) is 0 Å². The average Bonchev–Trinajstić information content (AvgIpc) is 3.13. The number of rotatable bonds is 10. The number of aryl methyl sites for hydroxylation is 1. The smallest absolute Gasteiger partial charge is 0.344 e. The number of hydrogen-bond acceptors (Lipinski definition) is 7. The van der Waals surface area contributed by atoms with Crippen molar-refractivity contribution >= 4 is 23.2 Å². The zero-order chi connectivity index (χ0) is 25.8. The number of nitrogens with zero attached hydrogens (tertiary/aromatic N) is 3. The van der Waals surface area contributed by atoms with E-state index in [1.54, 1.807) is 24.4 Å². The van der Waals surface area contributed by atoms with Gasteiger partial charge in [-0.1, -0.05) is 30.3 Å². The number of Topliss-reactive ketones (excluding diaryl/α,β-unsaturated/α-hetero) is 1. The summed E-state index contributed by atoms with van der Waals surface area (Å²) in [6, 6.07) is 11.2. The molecule has 10 nitrogen and oxygen atoms in total. The summed E-state index contributed by atoms with van der Waals surface area (Å²) in [5, 5.41) is 14.5. The number of ketones is 1. The quantitative estimate of drug-likeness (QED) is 0.321. The molecule has 190 valence electrons. The van der Waals surface area contributed by atoms with Crippen LogP contribution in [0.2, 0.25) is 0 Å². The maximum Gasteiger partial charge on any atom is 0.344 e. The third-order valence-corrected chi connectivity index (χ3v) is 6.36. The van der Waals surface area contributed by atoms with Gasteiger partial charge in [-0.25, -0.2) is 9.31 Å². The fraction of sp³-hybridized carbons (Fsp3) is 0.385. The summed E-state index contributed by atoms with van der Waals surface area (Å²) >= 11 is 0. The molecular weight excluding hydrogens is 464 g/mol. The highest BCUT2D eigenvalue weighted by Crippen LogP contribution is 2.33. The number of hydrogen-bond donors (Lipinski definition) is 2. The number of carboxylic acid groups (broad SMARTS) is 1. The standard InChI is InChI=1S/C26H30N4O6/c1-16-14-21(36-20(26(33)34)8-9-29-10-12-35-13-11-29)23-22(24(31)25(27)32)17(2)19(30(23)28-16)15-18-6-4-3-5-7-18/h3-7,14,20H,8-13,15H2,1-2H3,(H2,27,32)(H,33,34). The summed E-state index contributed by atoms with van der Waals surface area (Å²) in [7, 11) is 0. The summed E-state index contributed by atoms with van der Waals surface area (Å²) in [6.45, 7) is 6.67. The normalized spacial score (nSPS) is 15.1. The molecule has 0 radical (unpaired) electrons. The van der Waals surface area contributed by atoms with E-state index in [-0.39, 0.29) is 23.3 Å². The number of amides is 1. The van der Waals surface area contributed by atoms with Gasteiger partial charge in [0.25, 0.3) is 11.7 Å². The van der Waals surface area contributed by atoms with Crippen LogP contribution in [0.1, 0.15) is 39.3 Å². The van der Waals surface area contributed by atoms with E-state index in [1.165, 1.54) is 0 Å². The molecule has 10 heteroatoms. The third-order valence-electron chi connectivity index (χ3n) is 6.36. The summed E-state index contributed by atoms with van der Waals surface area (Å²) in [4.78, 5) is 39.1. The van der Waals surface area contributed by atoms with E-state index in [0.717, 1.165) is 18.7 Å². The van der Waals surface area contributed by atoms with Crippen LogP contribution in [-0.2, 0) is 20.7 Å². The molecule has 1 aromatic carbocycles. The lowest BCUT2D eigenvalue weighted by Gasteiger charge is -2.27. The monoisotopic (exact) mass is 494 g/mol. The number of carbonyl (C=O) groups is 3. The molecule has 0 spiro atoms. The third kappa shape index (κ3) is 5.39. The molecule has 1 aliphatic heterocycles. The number of benzene rings is 1. The molecule has 1 atom stereocenters. The van der Waals surface area contributed by atoms with Crippen molar-refractivity contribution in [2.75, 3.05) is 32.8 Å². The molecule has 1 saturated heterocycles. The van der Waals surface area contributed by atoms with Crippen molar-refractivity contribution in [2.45, 2.75) is 32.8 Å². The Morgan fingerprint density at radius 3 is 2.50 bits per heavy atom. The van der Waals surface area contributed by atoms with Gasteiger partial charge in [-0.05, 0) is 25.0 Å². The fourth-order valence-corrected chi connectivity index (χ4v) is 4.50. The van der Waals surface area contributed by atoms with E-state index >= 15 is 0 Å². The van der Waals surface area contributed by atoms with Gasteiger partial charge in [0.05, 0.1) is 30.2 Å². The number of fused-ring (bicyclic) bond motifs is 1. The van der Waals surface area contributed by atoms with Gasteiger partial charge in [0.2, 0.25) is 0 Å². The number of aliphatic carboxylic acids is 1. The van der Waals surface area contributed by atoms with Crippen LogP contribution < -0.4 is 10.5 Å². The molecule has 4 rings (SSSR count). The second-order valence-electron chi connectivity index (χ2n) is 8.90. The van der Waals surface area contributed by atoms with E-state index in [9.17, 15) is 19.5 Å². The lowest BCUT2D eigenvalue weighted by molar-refractivity contribution is -0.145. The Labute approximate surface area is 208 Å². The predicted octanol–water partition coefficient (Wildman–Crippen LogP) is 1.76. The molecule has 0 aliphatic carbocycles. The molecule has 0 saturated carbocycles. The maximum absolute atomic E-state index is 12.9. The van der Waals surface area contributed by atoms with Crippen molar-refractivity contribution in [1.82, 2.24) is 14.5 Å². The molecule has 1 amide bonds. The number of primary amides is 1. The van der Waals surface area contributed by atoms with Crippen LogP contribution >= 0.6 is 0 Å². The Bertz CT molecular complexity index is 1280. The van der Waals surface area contributed by atoms with Gasteiger partial charge < -0.3 is 20.3 Å². The second kappa shape index (κ2) is 10.9. The Morgan fingerprint density at radius 1 is 1.17 bits per heavy atom. The highest BCUT2D eigenvalue weighted by molar-refractivity contribution is 6.44. The van der Waals surface area contributed by atoms with Crippen LogP contribution in [0.5, 0.6) is 5.75 Å². The molecule has 3 aromatic rings. The van der Waals surface area contributed by atoms with E-state index in [1.807, 2.05) is 30.3 Å². The molecule has 36 heavy (non-hydrogen) atoms. The molecule has 3 N–H and O–H groups in total. The zero-order valence-corrected chi connectivity index (χ0v) is 20.4. The number of carbonyl (C=O) groups excluding carboxylic acids is 2. The Balaban J connectivity index is 1.77. The van der Waals surface area contributed by atoms with E-state index in [4.69, 9.17) is 15.2 Å². The van der Waals surface area contributed by atoms with Crippen LogP contribution in [0.4, 0.5) is 0 Å². The Hall–Kier alpha value is -3.76. The molecule has 3 heterocycles.